The van der Waals surface area contributed by atoms with Gasteiger partial charge in [-0.3, -0.25) is 4.98 Å². The fourth-order valence-electron chi connectivity index (χ4n) is 0.743. The van der Waals surface area contributed by atoms with Gasteiger partial charge >= 0.3 is 11.9 Å². The van der Waals surface area contributed by atoms with Crippen molar-refractivity contribution in [2.24, 2.45) is 0 Å². The monoisotopic (exact) mass is 220 g/mol. The molecule has 0 spiro atoms. The Morgan fingerprint density at radius 1 is 1.33 bits per heavy atom. The Bertz CT molecular complexity index is 366. The van der Waals surface area contributed by atoms with E-state index in [1.165, 1.54) is 0 Å². The molecule has 0 saturated heterocycles. The lowest BCUT2D eigenvalue weighted by Crippen LogP contribution is -2.31. The molecule has 3 N–H and O–H groups in total. The molecule has 0 radical (unpaired) electrons. The topological polar surface area (TPSA) is 104 Å². The number of carboxylic acids is 1. The molecule has 0 aromatic carbocycles. The standard InChI is InChI=1S/C7H6F2N2O4/c8-7(9,6(14)15)4-2-10-3(1-11-4)5(12)13/h1-2,6,14-15H,(H,12,13). The summed E-state index contributed by atoms with van der Waals surface area (Å²) >= 11 is 0. The van der Waals surface area contributed by atoms with Crippen molar-refractivity contribution in [1.29, 1.82) is 0 Å². The first-order valence-corrected chi connectivity index (χ1v) is 3.65. The molecule has 8 heteroatoms. The van der Waals surface area contributed by atoms with Crippen LogP contribution in [-0.4, -0.2) is 37.5 Å². The van der Waals surface area contributed by atoms with E-state index in [1.807, 2.05) is 0 Å². The van der Waals surface area contributed by atoms with E-state index in [4.69, 9.17) is 15.3 Å². The summed E-state index contributed by atoms with van der Waals surface area (Å²) in [5, 5.41) is 25.1. The van der Waals surface area contributed by atoms with E-state index in [2.05, 4.69) is 9.97 Å². The predicted octanol–water partition coefficient (Wildman–Crippen LogP) is -0.423. The molecule has 0 aliphatic carbocycles. The molecule has 0 saturated carbocycles. The van der Waals surface area contributed by atoms with Gasteiger partial charge in [0.15, 0.2) is 5.69 Å². The first-order chi connectivity index (χ1) is 6.85. The van der Waals surface area contributed by atoms with Crippen LogP contribution in [0.25, 0.3) is 0 Å². The highest BCUT2D eigenvalue weighted by Gasteiger charge is 2.41. The lowest BCUT2D eigenvalue weighted by molar-refractivity contribution is -0.216. The average Bonchev–Trinajstić information content (AvgIpc) is 2.17. The van der Waals surface area contributed by atoms with Crippen LogP contribution in [0.2, 0.25) is 0 Å². The van der Waals surface area contributed by atoms with Gasteiger partial charge in [-0.05, 0) is 0 Å². The van der Waals surface area contributed by atoms with Crippen LogP contribution < -0.4 is 0 Å². The predicted molar refractivity (Wildman–Crippen MR) is 41.1 cm³/mol. The van der Waals surface area contributed by atoms with Crippen LogP contribution >= 0.6 is 0 Å². The third-order valence-electron chi connectivity index (χ3n) is 1.54. The second-order valence-electron chi connectivity index (χ2n) is 2.59. The summed E-state index contributed by atoms with van der Waals surface area (Å²) < 4.78 is 25.7. The van der Waals surface area contributed by atoms with Crippen molar-refractivity contribution in [2.75, 3.05) is 0 Å². The van der Waals surface area contributed by atoms with Crippen molar-refractivity contribution in [2.45, 2.75) is 12.2 Å². The van der Waals surface area contributed by atoms with Gasteiger partial charge in [0.2, 0.25) is 6.29 Å². The van der Waals surface area contributed by atoms with Crippen LogP contribution in [0, 0.1) is 0 Å². The lowest BCUT2D eigenvalue weighted by atomic mass is 10.2. The smallest absolute Gasteiger partial charge is 0.356 e. The van der Waals surface area contributed by atoms with Gasteiger partial charge in [-0.1, -0.05) is 0 Å². The molecule has 15 heavy (non-hydrogen) atoms. The van der Waals surface area contributed by atoms with E-state index < -0.39 is 29.6 Å². The number of halogens is 2. The Labute approximate surface area is 81.8 Å². The highest BCUT2D eigenvalue weighted by atomic mass is 19.3. The van der Waals surface area contributed by atoms with E-state index in [9.17, 15) is 13.6 Å². The van der Waals surface area contributed by atoms with Crippen molar-refractivity contribution in [3.05, 3.63) is 23.8 Å². The summed E-state index contributed by atoms with van der Waals surface area (Å²) in [7, 11) is 0. The Morgan fingerprint density at radius 3 is 2.27 bits per heavy atom. The molecule has 0 amide bonds. The minimum Gasteiger partial charge on any atom is -0.476 e. The molecule has 0 bridgehead atoms. The van der Waals surface area contributed by atoms with E-state index >= 15 is 0 Å². The van der Waals surface area contributed by atoms with Crippen molar-refractivity contribution >= 4 is 5.97 Å². The van der Waals surface area contributed by atoms with Crippen LogP contribution in [-0.2, 0) is 5.92 Å². The number of alkyl halides is 2. The highest BCUT2D eigenvalue weighted by Crippen LogP contribution is 2.28. The van der Waals surface area contributed by atoms with E-state index in [0.29, 0.717) is 12.4 Å². The Kier molecular flexibility index (Phi) is 2.91. The van der Waals surface area contributed by atoms with Crippen molar-refractivity contribution < 1.29 is 28.9 Å². The number of carbonyl (C=O) groups is 1. The number of aromatic nitrogens is 2. The first-order valence-electron chi connectivity index (χ1n) is 3.65. The van der Waals surface area contributed by atoms with Gasteiger partial charge in [0.1, 0.15) is 5.69 Å². The number of nitrogens with zero attached hydrogens (tertiary/aromatic N) is 2. The maximum Gasteiger partial charge on any atom is 0.356 e. The molecular formula is C7H6F2N2O4. The molecule has 1 aromatic rings. The minimum atomic E-state index is -3.98. The Balaban J connectivity index is 3.04. The molecule has 1 heterocycles. The molecule has 1 rings (SSSR count). The number of carboxylic acid groups (broad SMARTS) is 1. The van der Waals surface area contributed by atoms with Gasteiger partial charge < -0.3 is 15.3 Å². The third-order valence-corrected chi connectivity index (χ3v) is 1.54. The molecule has 82 valence electrons. The molecular weight excluding hydrogens is 214 g/mol. The normalized spacial score (nSPS) is 11.8. The van der Waals surface area contributed by atoms with Gasteiger partial charge in [0.05, 0.1) is 12.4 Å². The van der Waals surface area contributed by atoms with Gasteiger partial charge in [-0.25, -0.2) is 9.78 Å². The molecule has 0 aliphatic heterocycles. The molecule has 0 atom stereocenters. The SMILES string of the molecule is O=C(O)c1cnc(C(F)(F)C(O)O)cn1. The molecule has 6 nitrogen and oxygen atoms in total. The van der Waals surface area contributed by atoms with Crippen LogP contribution in [0.3, 0.4) is 0 Å². The summed E-state index contributed by atoms with van der Waals surface area (Å²) in [6.45, 7) is 0. The maximum absolute atomic E-state index is 12.9. The van der Waals surface area contributed by atoms with Crippen LogP contribution in [0.15, 0.2) is 12.4 Å². The second kappa shape index (κ2) is 3.83. The fraction of sp³-hybridized carbons (Fsp3) is 0.286. The van der Waals surface area contributed by atoms with Crippen molar-refractivity contribution in [3.63, 3.8) is 0 Å². The lowest BCUT2D eigenvalue weighted by Gasteiger charge is -2.16. The summed E-state index contributed by atoms with van der Waals surface area (Å²) in [5.41, 5.74) is -1.52. The summed E-state index contributed by atoms with van der Waals surface area (Å²) in [6.07, 6.45) is -1.83. The Hall–Kier alpha value is -1.67. The molecule has 0 aliphatic rings. The summed E-state index contributed by atoms with van der Waals surface area (Å²) in [6, 6.07) is 0. The maximum atomic E-state index is 12.9. The largest absolute Gasteiger partial charge is 0.476 e. The average molecular weight is 220 g/mol. The number of rotatable bonds is 3. The molecule has 0 fully saturated rings. The van der Waals surface area contributed by atoms with Crippen LogP contribution in [0.4, 0.5) is 8.78 Å². The number of aliphatic hydroxyl groups is 2. The second-order valence-corrected chi connectivity index (χ2v) is 2.59. The first kappa shape index (κ1) is 11.4. The van der Waals surface area contributed by atoms with Crippen molar-refractivity contribution in [3.8, 4) is 0 Å². The van der Waals surface area contributed by atoms with E-state index in [-0.39, 0.29) is 0 Å². The fourth-order valence-corrected chi connectivity index (χ4v) is 0.743. The van der Waals surface area contributed by atoms with E-state index in [0.717, 1.165) is 0 Å². The number of hydrogen-bond donors (Lipinski definition) is 3. The highest BCUT2D eigenvalue weighted by molar-refractivity contribution is 5.84. The zero-order chi connectivity index (χ0) is 11.6. The van der Waals surface area contributed by atoms with Gasteiger partial charge in [-0.2, -0.15) is 8.78 Å². The van der Waals surface area contributed by atoms with Gasteiger partial charge in [-0.15, -0.1) is 0 Å². The molecule has 0 unspecified atom stereocenters. The summed E-state index contributed by atoms with van der Waals surface area (Å²) in [4.78, 5) is 16.5. The zero-order valence-corrected chi connectivity index (χ0v) is 7.13. The number of hydrogen-bond acceptors (Lipinski definition) is 5. The molecule has 1 aromatic heterocycles. The van der Waals surface area contributed by atoms with Crippen molar-refractivity contribution in [1.82, 2.24) is 9.97 Å². The van der Waals surface area contributed by atoms with Gasteiger partial charge in [0.25, 0.3) is 0 Å². The van der Waals surface area contributed by atoms with Crippen LogP contribution in [0.5, 0.6) is 0 Å². The number of aliphatic hydroxyl groups excluding tert-OH is 1. The van der Waals surface area contributed by atoms with Crippen LogP contribution in [0.1, 0.15) is 16.2 Å². The minimum absolute atomic E-state index is 0.475. The summed E-state index contributed by atoms with van der Waals surface area (Å²) in [5.74, 6) is -5.40. The number of aromatic carboxylic acids is 1. The van der Waals surface area contributed by atoms with Gasteiger partial charge in [0, 0.05) is 0 Å². The van der Waals surface area contributed by atoms with E-state index in [1.54, 1.807) is 0 Å². The Morgan fingerprint density at radius 2 is 1.93 bits per heavy atom. The zero-order valence-electron chi connectivity index (χ0n) is 7.13. The third kappa shape index (κ3) is 2.22. The quantitative estimate of drug-likeness (QED) is 0.597.